The van der Waals surface area contributed by atoms with Gasteiger partial charge in [-0.2, -0.15) is 0 Å². The third kappa shape index (κ3) is 7.24. The molecule has 0 unspecified atom stereocenters. The summed E-state index contributed by atoms with van der Waals surface area (Å²) in [6.07, 6.45) is 1.93. The van der Waals surface area contributed by atoms with E-state index in [4.69, 9.17) is 9.72 Å². The summed E-state index contributed by atoms with van der Waals surface area (Å²) in [7, 11) is 0. The summed E-state index contributed by atoms with van der Waals surface area (Å²) in [6.45, 7) is 21.1. The summed E-state index contributed by atoms with van der Waals surface area (Å²) in [5, 5.41) is 2.35. The van der Waals surface area contributed by atoms with Gasteiger partial charge < -0.3 is 14.5 Å². The lowest BCUT2D eigenvalue weighted by Crippen LogP contribution is -2.24. The summed E-state index contributed by atoms with van der Waals surface area (Å²) >= 11 is 0. The first kappa shape index (κ1) is 38.2. The molecule has 0 bridgehead atoms. The van der Waals surface area contributed by atoms with Gasteiger partial charge in [-0.25, -0.2) is 4.98 Å². The van der Waals surface area contributed by atoms with Gasteiger partial charge in [-0.1, -0.05) is 129 Å². The molecule has 59 heavy (non-hydrogen) atoms. The molecular formula is C54H54N4O. The molecule has 5 heteroatoms. The van der Waals surface area contributed by atoms with E-state index in [9.17, 15) is 0 Å². The second kappa shape index (κ2) is 14.2. The largest absolute Gasteiger partial charge is 0.457 e. The molecule has 0 atom stereocenters. The smallest absolute Gasteiger partial charge is 0.137 e. The van der Waals surface area contributed by atoms with Gasteiger partial charge in [0.15, 0.2) is 0 Å². The van der Waals surface area contributed by atoms with Crippen molar-refractivity contribution in [3.63, 3.8) is 0 Å². The standard InChI is InChI=1S/C54H54N4O/c1-52(2,3)38-18-15-19-41(30-38)56-35-57(50-31-39(53(4,5)6)22-25-48(50)56)42-28-37(36-16-11-10-12-17-36)29-44(33-42)59-43-23-24-46-45-20-13-14-21-47(45)58(49(46)34-43)51-32-40(26-27-55-51)54(7,8)9/h10-34H,35H2,1-9H3. The maximum absolute atomic E-state index is 6.97. The zero-order valence-electron chi connectivity index (χ0n) is 35.8. The number of rotatable bonds is 6. The Labute approximate surface area is 349 Å². The Morgan fingerprint density at radius 2 is 1.14 bits per heavy atom. The van der Waals surface area contributed by atoms with E-state index in [0.717, 1.165) is 50.6 Å². The van der Waals surface area contributed by atoms with Crippen LogP contribution >= 0.6 is 0 Å². The van der Waals surface area contributed by atoms with E-state index in [-0.39, 0.29) is 16.2 Å². The van der Waals surface area contributed by atoms with Crippen molar-refractivity contribution in [2.75, 3.05) is 16.5 Å². The monoisotopic (exact) mass is 774 g/mol. The maximum Gasteiger partial charge on any atom is 0.137 e. The highest BCUT2D eigenvalue weighted by atomic mass is 16.5. The first-order valence-corrected chi connectivity index (χ1v) is 20.8. The molecule has 3 heterocycles. The summed E-state index contributed by atoms with van der Waals surface area (Å²) in [6, 6.07) is 52.7. The van der Waals surface area contributed by atoms with Crippen LogP contribution in [0.5, 0.6) is 11.5 Å². The van der Waals surface area contributed by atoms with Crippen molar-refractivity contribution in [2.45, 2.75) is 78.6 Å². The Kier molecular flexibility index (Phi) is 9.19. The molecule has 0 amide bonds. The van der Waals surface area contributed by atoms with Gasteiger partial charge in [0, 0.05) is 40.5 Å². The van der Waals surface area contributed by atoms with E-state index in [2.05, 4.69) is 222 Å². The normalized spacial score (nSPS) is 13.4. The molecule has 0 fully saturated rings. The maximum atomic E-state index is 6.97. The molecule has 0 saturated carbocycles. The van der Waals surface area contributed by atoms with Crippen LogP contribution in [0.25, 0.3) is 38.8 Å². The number of aromatic nitrogens is 2. The zero-order chi connectivity index (χ0) is 41.3. The molecule has 0 N–H and O–H groups in total. The van der Waals surface area contributed by atoms with E-state index in [1.165, 1.54) is 39.1 Å². The van der Waals surface area contributed by atoms with Gasteiger partial charge in [0.2, 0.25) is 0 Å². The number of pyridine rings is 1. The van der Waals surface area contributed by atoms with E-state index in [1.54, 1.807) is 0 Å². The van der Waals surface area contributed by atoms with Crippen LogP contribution in [0.15, 0.2) is 152 Å². The fraction of sp³-hybridized carbons (Fsp3) is 0.241. The average Bonchev–Trinajstić information content (AvgIpc) is 3.76. The highest BCUT2D eigenvalue weighted by Crippen LogP contribution is 2.48. The zero-order valence-corrected chi connectivity index (χ0v) is 35.8. The molecule has 0 aliphatic carbocycles. The van der Waals surface area contributed by atoms with Crippen molar-refractivity contribution in [3.8, 4) is 28.4 Å². The molecule has 0 spiro atoms. The Balaban J connectivity index is 1.18. The molecule has 8 aromatic rings. The van der Waals surface area contributed by atoms with Crippen LogP contribution in [0, 0.1) is 0 Å². The van der Waals surface area contributed by atoms with Crippen molar-refractivity contribution in [2.24, 2.45) is 0 Å². The van der Waals surface area contributed by atoms with E-state index in [1.807, 2.05) is 6.20 Å². The Hall–Kier alpha value is -6.33. The summed E-state index contributed by atoms with van der Waals surface area (Å²) in [5.74, 6) is 2.44. The molecular weight excluding hydrogens is 721 g/mol. The molecule has 0 saturated heterocycles. The number of nitrogens with zero attached hydrogens (tertiary/aromatic N) is 4. The third-order valence-electron chi connectivity index (χ3n) is 11.8. The third-order valence-corrected chi connectivity index (χ3v) is 11.8. The lowest BCUT2D eigenvalue weighted by atomic mass is 9.86. The van der Waals surface area contributed by atoms with Crippen LogP contribution in [-0.4, -0.2) is 16.2 Å². The predicted molar refractivity (Wildman–Crippen MR) is 249 cm³/mol. The number of fused-ring (bicyclic) bond motifs is 4. The van der Waals surface area contributed by atoms with E-state index >= 15 is 0 Å². The van der Waals surface area contributed by atoms with Gasteiger partial charge in [-0.3, -0.25) is 4.57 Å². The minimum atomic E-state index is -0.0101. The number of benzene rings is 6. The molecule has 1 aliphatic heterocycles. The molecule has 2 aromatic heterocycles. The number of hydrogen-bond donors (Lipinski definition) is 0. The van der Waals surface area contributed by atoms with Gasteiger partial charge in [0.1, 0.15) is 24.0 Å². The molecule has 1 aliphatic rings. The lowest BCUT2D eigenvalue weighted by Gasteiger charge is -2.25. The Morgan fingerprint density at radius 3 is 1.90 bits per heavy atom. The van der Waals surface area contributed by atoms with Crippen molar-refractivity contribution in [1.29, 1.82) is 0 Å². The van der Waals surface area contributed by atoms with Gasteiger partial charge in [-0.05, 0) is 111 Å². The van der Waals surface area contributed by atoms with Crippen LogP contribution in [0.3, 0.4) is 0 Å². The quantitative estimate of drug-likeness (QED) is 0.168. The van der Waals surface area contributed by atoms with Gasteiger partial charge >= 0.3 is 0 Å². The molecule has 296 valence electrons. The molecule has 5 nitrogen and oxygen atoms in total. The predicted octanol–water partition coefficient (Wildman–Crippen LogP) is 14.8. The molecule has 9 rings (SSSR count). The topological polar surface area (TPSA) is 33.5 Å². The fourth-order valence-corrected chi connectivity index (χ4v) is 8.31. The van der Waals surface area contributed by atoms with Crippen LogP contribution < -0.4 is 14.5 Å². The summed E-state index contributed by atoms with van der Waals surface area (Å²) < 4.78 is 9.24. The lowest BCUT2D eigenvalue weighted by molar-refractivity contribution is 0.483. The minimum Gasteiger partial charge on any atom is -0.457 e. The van der Waals surface area contributed by atoms with Crippen LogP contribution in [0.2, 0.25) is 0 Å². The van der Waals surface area contributed by atoms with Crippen LogP contribution in [0.1, 0.15) is 79.0 Å². The molecule has 6 aromatic carbocycles. The van der Waals surface area contributed by atoms with Crippen molar-refractivity contribution >= 4 is 44.6 Å². The summed E-state index contributed by atoms with van der Waals surface area (Å²) in [4.78, 5) is 9.80. The highest BCUT2D eigenvalue weighted by molar-refractivity contribution is 6.09. The van der Waals surface area contributed by atoms with E-state index < -0.39 is 0 Å². The number of hydrogen-bond acceptors (Lipinski definition) is 4. The fourth-order valence-electron chi connectivity index (χ4n) is 8.31. The second-order valence-corrected chi connectivity index (χ2v) is 19.1. The highest BCUT2D eigenvalue weighted by Gasteiger charge is 2.31. The van der Waals surface area contributed by atoms with Gasteiger partial charge in [-0.15, -0.1) is 0 Å². The van der Waals surface area contributed by atoms with Crippen molar-refractivity contribution in [3.05, 3.63) is 168 Å². The van der Waals surface area contributed by atoms with Crippen molar-refractivity contribution < 1.29 is 4.74 Å². The SMILES string of the molecule is CC(C)(C)c1cccc(N2CN(c3cc(Oc4ccc5c6ccccc6n(-c6cc(C(C)(C)C)ccn6)c5c4)cc(-c4ccccc4)c3)c3cc(C(C)(C)C)ccc32)c1. The number of anilines is 4. The average molecular weight is 775 g/mol. The van der Waals surface area contributed by atoms with E-state index in [0.29, 0.717) is 6.67 Å². The Morgan fingerprint density at radius 1 is 0.458 bits per heavy atom. The van der Waals surface area contributed by atoms with Crippen molar-refractivity contribution in [1.82, 2.24) is 9.55 Å². The number of ether oxygens (including phenoxy) is 1. The molecule has 0 radical (unpaired) electrons. The van der Waals surface area contributed by atoms with Crippen LogP contribution in [0.4, 0.5) is 22.7 Å². The second-order valence-electron chi connectivity index (χ2n) is 19.1. The summed E-state index contributed by atoms with van der Waals surface area (Å²) in [5.41, 5.74) is 12.9. The first-order valence-electron chi connectivity index (χ1n) is 20.8. The number of para-hydroxylation sites is 1. The minimum absolute atomic E-state index is 0.00881. The van der Waals surface area contributed by atoms with Gasteiger partial charge in [0.05, 0.1) is 22.4 Å². The van der Waals surface area contributed by atoms with Gasteiger partial charge in [0.25, 0.3) is 0 Å². The first-order chi connectivity index (χ1) is 28.1. The van der Waals surface area contributed by atoms with Crippen LogP contribution in [-0.2, 0) is 16.2 Å². The Bertz CT molecular complexity index is 2850.